The van der Waals surface area contributed by atoms with Crippen molar-refractivity contribution >= 4 is 23.2 Å². The predicted octanol–water partition coefficient (Wildman–Crippen LogP) is 5.11. The van der Waals surface area contributed by atoms with Gasteiger partial charge in [0.15, 0.2) is 0 Å². The summed E-state index contributed by atoms with van der Waals surface area (Å²) in [5.74, 6) is -0.414. The van der Waals surface area contributed by atoms with Crippen molar-refractivity contribution < 1.29 is 18.0 Å². The van der Waals surface area contributed by atoms with Gasteiger partial charge in [0.1, 0.15) is 0 Å². The molecule has 0 radical (unpaired) electrons. The van der Waals surface area contributed by atoms with Crippen LogP contribution in [0.15, 0.2) is 54.7 Å². The fourth-order valence-corrected chi connectivity index (χ4v) is 2.56. The Balaban J connectivity index is 1.88. The molecular weight excluding hydrogens is 367 g/mol. The normalized spacial score (nSPS) is 11.4. The Morgan fingerprint density at radius 3 is 2.50 bits per heavy atom. The highest BCUT2D eigenvalue weighted by atomic mass is 35.5. The van der Waals surface area contributed by atoms with Gasteiger partial charge in [0.05, 0.1) is 28.7 Å². The maximum Gasteiger partial charge on any atom is 0.416 e. The Hall–Kier alpha value is -2.80. The zero-order chi connectivity index (χ0) is 18.9. The van der Waals surface area contributed by atoms with Gasteiger partial charge in [0, 0.05) is 10.7 Å². The zero-order valence-corrected chi connectivity index (χ0v) is 14.3. The third-order valence-electron chi connectivity index (χ3n) is 3.77. The summed E-state index contributed by atoms with van der Waals surface area (Å²) in [5, 5.41) is 7.29. The summed E-state index contributed by atoms with van der Waals surface area (Å²) in [5.41, 5.74) is 0.679. The number of carbonyl (C=O) groups excluding carboxylic acids is 1. The topological polar surface area (TPSA) is 46.9 Å². The van der Waals surface area contributed by atoms with E-state index >= 15 is 0 Å². The highest BCUT2D eigenvalue weighted by Gasteiger charge is 2.30. The lowest BCUT2D eigenvalue weighted by Gasteiger charge is -2.10. The van der Waals surface area contributed by atoms with Gasteiger partial charge in [-0.05, 0) is 49.4 Å². The van der Waals surface area contributed by atoms with Crippen LogP contribution in [-0.2, 0) is 6.18 Å². The number of hydrogen-bond donors (Lipinski definition) is 1. The van der Waals surface area contributed by atoms with Crippen LogP contribution in [0.2, 0.25) is 5.02 Å². The van der Waals surface area contributed by atoms with E-state index < -0.39 is 17.6 Å². The molecule has 3 aromatic rings. The van der Waals surface area contributed by atoms with Crippen molar-refractivity contribution in [2.75, 3.05) is 5.32 Å². The molecule has 0 aliphatic rings. The average molecular weight is 380 g/mol. The Morgan fingerprint density at radius 2 is 1.85 bits per heavy atom. The first-order valence-electron chi connectivity index (χ1n) is 7.55. The summed E-state index contributed by atoms with van der Waals surface area (Å²) >= 11 is 5.80. The fraction of sp³-hybridized carbons (Fsp3) is 0.111. The number of rotatable bonds is 3. The van der Waals surface area contributed by atoms with Crippen LogP contribution in [0, 0.1) is 6.92 Å². The molecule has 0 saturated carbocycles. The van der Waals surface area contributed by atoms with Gasteiger partial charge in [-0.15, -0.1) is 0 Å². The third kappa shape index (κ3) is 3.72. The lowest BCUT2D eigenvalue weighted by Crippen LogP contribution is -2.13. The monoisotopic (exact) mass is 379 g/mol. The first-order chi connectivity index (χ1) is 12.3. The minimum Gasteiger partial charge on any atom is -0.322 e. The minimum atomic E-state index is -4.45. The van der Waals surface area contributed by atoms with Crippen LogP contribution < -0.4 is 5.32 Å². The molecular formula is C18H13ClF3N3O. The Morgan fingerprint density at radius 1 is 1.15 bits per heavy atom. The van der Waals surface area contributed by atoms with Crippen molar-refractivity contribution in [2.45, 2.75) is 13.1 Å². The highest BCUT2D eigenvalue weighted by Crippen LogP contribution is 2.30. The molecule has 8 heteroatoms. The second kappa shape index (κ2) is 6.84. The third-order valence-corrected chi connectivity index (χ3v) is 4.03. The number of alkyl halides is 3. The molecule has 0 spiro atoms. The number of nitrogens with zero attached hydrogens (tertiary/aromatic N) is 2. The van der Waals surface area contributed by atoms with Crippen LogP contribution in [-0.4, -0.2) is 15.7 Å². The summed E-state index contributed by atoms with van der Waals surface area (Å²) in [6, 6.07) is 11.3. The van der Waals surface area contributed by atoms with E-state index in [1.54, 1.807) is 31.2 Å². The first kappa shape index (κ1) is 18.0. The number of nitrogens with one attached hydrogen (secondary N) is 1. The van der Waals surface area contributed by atoms with Gasteiger partial charge in [-0.25, -0.2) is 4.68 Å². The second-order valence-corrected chi connectivity index (χ2v) is 6.00. The molecule has 0 aliphatic carbocycles. The summed E-state index contributed by atoms with van der Waals surface area (Å²) in [7, 11) is 0. The second-order valence-electron chi connectivity index (χ2n) is 5.56. The average Bonchev–Trinajstić information content (AvgIpc) is 2.98. The van der Waals surface area contributed by atoms with Gasteiger partial charge >= 0.3 is 6.18 Å². The van der Waals surface area contributed by atoms with E-state index in [9.17, 15) is 18.0 Å². The maximum atomic E-state index is 12.9. The molecule has 3 rings (SSSR count). The Bertz CT molecular complexity index is 949. The molecule has 0 atom stereocenters. The number of halogens is 4. The van der Waals surface area contributed by atoms with Crippen LogP contribution in [0.1, 0.15) is 21.6 Å². The van der Waals surface area contributed by atoms with E-state index in [4.69, 9.17) is 11.6 Å². The molecule has 26 heavy (non-hydrogen) atoms. The number of hydrogen-bond acceptors (Lipinski definition) is 2. The van der Waals surface area contributed by atoms with E-state index in [2.05, 4.69) is 10.4 Å². The van der Waals surface area contributed by atoms with Gasteiger partial charge < -0.3 is 5.32 Å². The van der Waals surface area contributed by atoms with Crippen LogP contribution in [0.5, 0.6) is 0 Å². The smallest absolute Gasteiger partial charge is 0.322 e. The number of benzene rings is 2. The van der Waals surface area contributed by atoms with Gasteiger partial charge in [-0.1, -0.05) is 17.7 Å². The van der Waals surface area contributed by atoms with E-state index in [0.29, 0.717) is 16.4 Å². The number of aromatic nitrogens is 2. The molecule has 1 amide bonds. The van der Waals surface area contributed by atoms with Crippen molar-refractivity contribution in [3.8, 4) is 5.69 Å². The molecule has 2 aromatic carbocycles. The van der Waals surface area contributed by atoms with E-state index in [0.717, 1.165) is 12.1 Å². The van der Waals surface area contributed by atoms with Gasteiger partial charge in [-0.3, -0.25) is 4.79 Å². The van der Waals surface area contributed by atoms with Gasteiger partial charge in [0.2, 0.25) is 0 Å². The zero-order valence-electron chi connectivity index (χ0n) is 13.5. The number of anilines is 1. The standard InChI is InChI=1S/C18H13ClF3N3O/c1-11-16(17(26)24-14-7-5-13(19)6-8-14)10-23-25(11)15-4-2-3-12(9-15)18(20,21)22/h2-10H,1H3,(H,24,26). The van der Waals surface area contributed by atoms with Crippen molar-refractivity contribution in [3.05, 3.63) is 76.6 Å². The van der Waals surface area contributed by atoms with E-state index in [-0.39, 0.29) is 11.3 Å². The summed E-state index contributed by atoms with van der Waals surface area (Å²) in [6.07, 6.45) is -3.13. The Labute approximate surface area is 152 Å². The summed E-state index contributed by atoms with van der Waals surface area (Å²) in [4.78, 5) is 12.4. The lowest BCUT2D eigenvalue weighted by molar-refractivity contribution is -0.137. The van der Waals surface area contributed by atoms with E-state index in [1.807, 2.05) is 0 Å². The van der Waals surface area contributed by atoms with Crippen molar-refractivity contribution in [1.29, 1.82) is 0 Å². The highest BCUT2D eigenvalue weighted by molar-refractivity contribution is 6.30. The van der Waals surface area contributed by atoms with Crippen molar-refractivity contribution in [3.63, 3.8) is 0 Å². The molecule has 4 nitrogen and oxygen atoms in total. The summed E-state index contributed by atoms with van der Waals surface area (Å²) in [6.45, 7) is 1.62. The molecule has 134 valence electrons. The van der Waals surface area contributed by atoms with Crippen LogP contribution in [0.25, 0.3) is 5.69 Å². The minimum absolute atomic E-state index is 0.225. The molecule has 0 aliphatic heterocycles. The van der Waals surface area contributed by atoms with Gasteiger partial charge in [0.25, 0.3) is 5.91 Å². The fourth-order valence-electron chi connectivity index (χ4n) is 2.44. The number of amides is 1. The molecule has 1 aromatic heterocycles. The SMILES string of the molecule is Cc1c(C(=O)Nc2ccc(Cl)cc2)cnn1-c1cccc(C(F)(F)F)c1. The Kier molecular flexibility index (Phi) is 4.73. The van der Waals surface area contributed by atoms with Crippen molar-refractivity contribution in [1.82, 2.24) is 9.78 Å². The van der Waals surface area contributed by atoms with E-state index in [1.165, 1.54) is 23.0 Å². The quantitative estimate of drug-likeness (QED) is 0.687. The van der Waals surface area contributed by atoms with Crippen LogP contribution >= 0.6 is 11.6 Å². The molecule has 1 heterocycles. The molecule has 0 unspecified atom stereocenters. The van der Waals surface area contributed by atoms with Gasteiger partial charge in [-0.2, -0.15) is 18.3 Å². The maximum absolute atomic E-state index is 12.9. The van der Waals surface area contributed by atoms with Crippen molar-refractivity contribution in [2.24, 2.45) is 0 Å². The first-order valence-corrected chi connectivity index (χ1v) is 7.92. The van der Waals surface area contributed by atoms with Crippen LogP contribution in [0.3, 0.4) is 0 Å². The largest absolute Gasteiger partial charge is 0.416 e. The number of carbonyl (C=O) groups is 1. The molecule has 1 N–H and O–H groups in total. The molecule has 0 fully saturated rings. The molecule has 0 saturated heterocycles. The molecule has 0 bridgehead atoms. The summed E-state index contributed by atoms with van der Waals surface area (Å²) < 4.78 is 40.0. The predicted molar refractivity (Wildman–Crippen MR) is 92.7 cm³/mol. The lowest BCUT2D eigenvalue weighted by atomic mass is 10.2. The van der Waals surface area contributed by atoms with Crippen LogP contribution in [0.4, 0.5) is 18.9 Å².